The van der Waals surface area contributed by atoms with E-state index in [1.807, 2.05) is 6.92 Å². The second-order valence-corrected chi connectivity index (χ2v) is 5.15. The van der Waals surface area contributed by atoms with Crippen molar-refractivity contribution in [1.29, 1.82) is 0 Å². The van der Waals surface area contributed by atoms with Crippen LogP contribution in [-0.2, 0) is 5.75 Å². The number of aliphatic hydroxyl groups is 1. The van der Waals surface area contributed by atoms with E-state index in [1.54, 1.807) is 11.8 Å². The van der Waals surface area contributed by atoms with Gasteiger partial charge in [-0.15, -0.1) is 0 Å². The molecule has 0 saturated carbocycles. The van der Waals surface area contributed by atoms with Crippen LogP contribution in [0.1, 0.15) is 38.1 Å². The highest BCUT2D eigenvalue weighted by Crippen LogP contribution is 2.23. The van der Waals surface area contributed by atoms with Gasteiger partial charge in [0.05, 0.1) is 5.69 Å². The molecule has 15 heavy (non-hydrogen) atoms. The van der Waals surface area contributed by atoms with E-state index in [-0.39, 0.29) is 6.61 Å². The van der Waals surface area contributed by atoms with Gasteiger partial charge in [-0.05, 0) is 11.7 Å². The number of nitrogens with zero attached hydrogens (tertiary/aromatic N) is 1. The molecule has 0 aliphatic heterocycles. The fourth-order valence-electron chi connectivity index (χ4n) is 1.27. The minimum absolute atomic E-state index is 0.253. The van der Waals surface area contributed by atoms with E-state index in [4.69, 9.17) is 9.52 Å². The van der Waals surface area contributed by atoms with Crippen molar-refractivity contribution in [3.05, 3.63) is 17.8 Å². The Bertz CT molecular complexity index is 286. The van der Waals surface area contributed by atoms with Gasteiger partial charge in [0.15, 0.2) is 6.39 Å². The maximum absolute atomic E-state index is 8.89. The molecule has 1 heterocycles. The van der Waals surface area contributed by atoms with Crippen LogP contribution in [0.2, 0.25) is 0 Å². The van der Waals surface area contributed by atoms with Crippen molar-refractivity contribution in [3.63, 3.8) is 0 Å². The van der Waals surface area contributed by atoms with Crippen molar-refractivity contribution in [2.75, 3.05) is 12.4 Å². The highest BCUT2D eigenvalue weighted by molar-refractivity contribution is 7.98. The zero-order valence-corrected chi connectivity index (χ0v) is 10.4. The molecule has 0 bridgehead atoms. The molecule has 1 atom stereocenters. The Labute approximate surface area is 95.3 Å². The average Bonchev–Trinajstić information content (AvgIpc) is 2.65. The molecular formula is C11H19NO2S. The van der Waals surface area contributed by atoms with Crippen LogP contribution in [0.4, 0.5) is 0 Å². The number of thioether (sulfide) groups is 1. The van der Waals surface area contributed by atoms with Crippen molar-refractivity contribution in [2.45, 2.75) is 32.4 Å². The first-order valence-electron chi connectivity index (χ1n) is 5.26. The number of aliphatic hydroxyl groups excluding tert-OH is 1. The maximum atomic E-state index is 8.89. The molecule has 0 aliphatic carbocycles. The molecule has 0 aliphatic rings. The summed E-state index contributed by atoms with van der Waals surface area (Å²) >= 11 is 1.79. The zero-order valence-electron chi connectivity index (χ0n) is 9.56. The summed E-state index contributed by atoms with van der Waals surface area (Å²) in [6.45, 7) is 6.50. The van der Waals surface area contributed by atoms with Crippen LogP contribution in [-0.4, -0.2) is 22.5 Å². The summed E-state index contributed by atoms with van der Waals surface area (Å²) in [6, 6.07) is 0. The van der Waals surface area contributed by atoms with Gasteiger partial charge in [-0.3, -0.25) is 0 Å². The molecule has 1 unspecified atom stereocenters. The number of hydrogen-bond acceptors (Lipinski definition) is 4. The lowest BCUT2D eigenvalue weighted by Gasteiger charge is -2.07. The SMILES string of the molecule is CC(CO)CSCc1ncoc1C(C)C. The Morgan fingerprint density at radius 2 is 2.20 bits per heavy atom. The Hall–Kier alpha value is -0.480. The molecule has 86 valence electrons. The van der Waals surface area contributed by atoms with Gasteiger partial charge in [0.25, 0.3) is 0 Å². The summed E-state index contributed by atoms with van der Waals surface area (Å²) in [5.41, 5.74) is 1.04. The smallest absolute Gasteiger partial charge is 0.181 e. The minimum atomic E-state index is 0.253. The largest absolute Gasteiger partial charge is 0.448 e. The standard InChI is InChI=1S/C11H19NO2S/c1-8(2)11-10(12-7-14-11)6-15-5-9(3)4-13/h7-9,13H,4-6H2,1-3H3. The van der Waals surface area contributed by atoms with E-state index < -0.39 is 0 Å². The van der Waals surface area contributed by atoms with Gasteiger partial charge in [0.2, 0.25) is 0 Å². The Morgan fingerprint density at radius 3 is 2.80 bits per heavy atom. The van der Waals surface area contributed by atoms with Gasteiger partial charge in [-0.25, -0.2) is 4.98 Å². The van der Waals surface area contributed by atoms with Gasteiger partial charge >= 0.3 is 0 Å². The van der Waals surface area contributed by atoms with Crippen molar-refractivity contribution in [1.82, 2.24) is 4.98 Å². The monoisotopic (exact) mass is 229 g/mol. The summed E-state index contributed by atoms with van der Waals surface area (Å²) in [6.07, 6.45) is 1.51. The molecule has 0 amide bonds. The Balaban J connectivity index is 2.40. The molecule has 1 aromatic rings. The molecule has 1 N–H and O–H groups in total. The Morgan fingerprint density at radius 1 is 1.47 bits per heavy atom. The lowest BCUT2D eigenvalue weighted by Crippen LogP contribution is -2.04. The third-order valence-corrected chi connectivity index (χ3v) is 3.43. The van der Waals surface area contributed by atoms with Crippen molar-refractivity contribution >= 4 is 11.8 Å². The topological polar surface area (TPSA) is 46.3 Å². The first-order valence-corrected chi connectivity index (χ1v) is 6.41. The Kier molecular flexibility index (Phi) is 5.19. The predicted molar refractivity (Wildman–Crippen MR) is 63.0 cm³/mol. The van der Waals surface area contributed by atoms with Crippen LogP contribution in [0.15, 0.2) is 10.8 Å². The fraction of sp³-hybridized carbons (Fsp3) is 0.727. The molecular weight excluding hydrogens is 210 g/mol. The van der Waals surface area contributed by atoms with E-state index in [1.165, 1.54) is 6.39 Å². The van der Waals surface area contributed by atoms with E-state index in [0.717, 1.165) is 23.0 Å². The van der Waals surface area contributed by atoms with Gasteiger partial charge in [-0.1, -0.05) is 20.8 Å². The lowest BCUT2D eigenvalue weighted by molar-refractivity contribution is 0.250. The molecule has 0 aromatic carbocycles. The summed E-state index contributed by atoms with van der Waals surface area (Å²) in [5.74, 6) is 3.55. The van der Waals surface area contributed by atoms with Gasteiger partial charge in [0, 0.05) is 18.3 Å². The van der Waals surface area contributed by atoms with E-state index in [9.17, 15) is 0 Å². The number of hydrogen-bond donors (Lipinski definition) is 1. The zero-order chi connectivity index (χ0) is 11.3. The normalized spacial score (nSPS) is 13.4. The first-order chi connectivity index (χ1) is 7.15. The average molecular weight is 229 g/mol. The predicted octanol–water partition coefficient (Wildman–Crippen LogP) is 2.66. The third kappa shape index (κ3) is 3.87. The quantitative estimate of drug-likeness (QED) is 0.814. The summed E-state index contributed by atoms with van der Waals surface area (Å²) in [7, 11) is 0. The molecule has 1 aromatic heterocycles. The number of aromatic nitrogens is 1. The summed E-state index contributed by atoms with van der Waals surface area (Å²) in [5, 5.41) is 8.89. The highest BCUT2D eigenvalue weighted by atomic mass is 32.2. The highest BCUT2D eigenvalue weighted by Gasteiger charge is 2.12. The first kappa shape index (κ1) is 12.6. The molecule has 0 radical (unpaired) electrons. The molecule has 4 heteroatoms. The number of oxazole rings is 1. The van der Waals surface area contributed by atoms with Crippen LogP contribution in [0, 0.1) is 5.92 Å². The third-order valence-electron chi connectivity index (χ3n) is 2.15. The van der Waals surface area contributed by atoms with Crippen LogP contribution in [0.25, 0.3) is 0 Å². The van der Waals surface area contributed by atoms with E-state index in [2.05, 4.69) is 18.8 Å². The molecule has 3 nitrogen and oxygen atoms in total. The maximum Gasteiger partial charge on any atom is 0.181 e. The van der Waals surface area contributed by atoms with Crippen LogP contribution < -0.4 is 0 Å². The summed E-state index contributed by atoms with van der Waals surface area (Å²) < 4.78 is 5.34. The van der Waals surface area contributed by atoms with Gasteiger partial charge in [0.1, 0.15) is 5.76 Å². The van der Waals surface area contributed by atoms with Crippen LogP contribution in [0.3, 0.4) is 0 Å². The molecule has 0 spiro atoms. The summed E-state index contributed by atoms with van der Waals surface area (Å²) in [4.78, 5) is 4.21. The fourth-order valence-corrected chi connectivity index (χ4v) is 2.30. The molecule has 0 fully saturated rings. The van der Waals surface area contributed by atoms with Crippen molar-refractivity contribution < 1.29 is 9.52 Å². The second-order valence-electron chi connectivity index (χ2n) is 4.12. The van der Waals surface area contributed by atoms with Gasteiger partial charge < -0.3 is 9.52 Å². The van der Waals surface area contributed by atoms with Gasteiger partial charge in [-0.2, -0.15) is 11.8 Å². The van der Waals surface area contributed by atoms with E-state index in [0.29, 0.717) is 11.8 Å². The minimum Gasteiger partial charge on any atom is -0.448 e. The van der Waals surface area contributed by atoms with Crippen LogP contribution >= 0.6 is 11.8 Å². The molecule has 1 rings (SSSR count). The van der Waals surface area contributed by atoms with E-state index >= 15 is 0 Å². The number of rotatable bonds is 6. The lowest BCUT2D eigenvalue weighted by atomic mass is 10.1. The van der Waals surface area contributed by atoms with Crippen molar-refractivity contribution in [2.24, 2.45) is 5.92 Å². The molecule has 0 saturated heterocycles. The van der Waals surface area contributed by atoms with Crippen LogP contribution in [0.5, 0.6) is 0 Å². The second kappa shape index (κ2) is 6.18. The van der Waals surface area contributed by atoms with Crippen molar-refractivity contribution in [3.8, 4) is 0 Å².